The van der Waals surface area contributed by atoms with Gasteiger partial charge in [0.2, 0.25) is 0 Å². The van der Waals surface area contributed by atoms with Crippen LogP contribution >= 0.6 is 23.2 Å². The van der Waals surface area contributed by atoms with Gasteiger partial charge in [0.15, 0.2) is 0 Å². The molecule has 2 nitrogen and oxygen atoms in total. The average Bonchev–Trinajstić information content (AvgIpc) is 2.34. The molecule has 1 heterocycles. The Kier molecular flexibility index (Phi) is 4.55. The Morgan fingerprint density at radius 3 is 2.47 bits per heavy atom. The Labute approximate surface area is 113 Å². The summed E-state index contributed by atoms with van der Waals surface area (Å²) in [4.78, 5) is 4.81. The average molecular weight is 273 g/mol. The number of halogens is 2. The van der Waals surface area contributed by atoms with Crippen LogP contribution < -0.4 is 4.90 Å². The SMILES string of the molecule is CCCN1CCN(c2cccc(Cl)c2Cl)CC1. The van der Waals surface area contributed by atoms with Crippen molar-refractivity contribution in [1.29, 1.82) is 0 Å². The molecule has 0 N–H and O–H groups in total. The molecular weight excluding hydrogens is 255 g/mol. The van der Waals surface area contributed by atoms with E-state index in [1.54, 1.807) is 0 Å². The van der Waals surface area contributed by atoms with Crippen molar-refractivity contribution in [2.75, 3.05) is 37.6 Å². The van der Waals surface area contributed by atoms with Crippen molar-refractivity contribution < 1.29 is 0 Å². The van der Waals surface area contributed by atoms with Crippen molar-refractivity contribution >= 4 is 28.9 Å². The largest absolute Gasteiger partial charge is 0.368 e. The highest BCUT2D eigenvalue weighted by atomic mass is 35.5. The van der Waals surface area contributed by atoms with Gasteiger partial charge in [0, 0.05) is 26.2 Å². The maximum absolute atomic E-state index is 6.24. The molecule has 0 aliphatic carbocycles. The van der Waals surface area contributed by atoms with Crippen LogP contribution in [0.4, 0.5) is 5.69 Å². The van der Waals surface area contributed by atoms with Crippen LogP contribution in [-0.4, -0.2) is 37.6 Å². The number of hydrogen-bond acceptors (Lipinski definition) is 2. The van der Waals surface area contributed by atoms with Gasteiger partial charge in [-0.05, 0) is 25.1 Å². The molecule has 0 bridgehead atoms. The molecule has 1 aromatic rings. The lowest BCUT2D eigenvalue weighted by Gasteiger charge is -2.36. The molecule has 0 unspecified atom stereocenters. The zero-order valence-electron chi connectivity index (χ0n) is 10.1. The summed E-state index contributed by atoms with van der Waals surface area (Å²) in [6.07, 6.45) is 1.22. The van der Waals surface area contributed by atoms with E-state index in [0.717, 1.165) is 31.9 Å². The summed E-state index contributed by atoms with van der Waals surface area (Å²) in [6.45, 7) is 7.69. The van der Waals surface area contributed by atoms with E-state index in [1.165, 1.54) is 13.0 Å². The molecule has 4 heteroatoms. The Morgan fingerprint density at radius 2 is 1.82 bits per heavy atom. The number of anilines is 1. The fourth-order valence-corrected chi connectivity index (χ4v) is 2.68. The smallest absolute Gasteiger partial charge is 0.0825 e. The number of benzene rings is 1. The lowest BCUT2D eigenvalue weighted by Crippen LogP contribution is -2.46. The van der Waals surface area contributed by atoms with Crippen molar-refractivity contribution in [2.24, 2.45) is 0 Å². The predicted molar refractivity (Wildman–Crippen MR) is 75.4 cm³/mol. The number of nitrogens with zero attached hydrogens (tertiary/aromatic N) is 2. The fraction of sp³-hybridized carbons (Fsp3) is 0.538. The molecule has 1 fully saturated rings. The zero-order chi connectivity index (χ0) is 12.3. The van der Waals surface area contributed by atoms with Crippen LogP contribution in [0.1, 0.15) is 13.3 Å². The highest BCUT2D eigenvalue weighted by Crippen LogP contribution is 2.32. The van der Waals surface area contributed by atoms with Gasteiger partial charge in [0.05, 0.1) is 15.7 Å². The number of piperazine rings is 1. The summed E-state index contributed by atoms with van der Waals surface area (Å²) in [5.41, 5.74) is 1.07. The van der Waals surface area contributed by atoms with E-state index in [4.69, 9.17) is 23.2 Å². The number of hydrogen-bond donors (Lipinski definition) is 0. The van der Waals surface area contributed by atoms with E-state index in [1.807, 2.05) is 18.2 Å². The summed E-state index contributed by atoms with van der Waals surface area (Å²) < 4.78 is 0. The van der Waals surface area contributed by atoms with Crippen LogP contribution in [0.15, 0.2) is 18.2 Å². The van der Waals surface area contributed by atoms with Crippen molar-refractivity contribution in [3.8, 4) is 0 Å². The molecule has 0 aromatic heterocycles. The van der Waals surface area contributed by atoms with E-state index in [2.05, 4.69) is 16.7 Å². The Bertz CT molecular complexity index is 374. The molecule has 1 saturated heterocycles. The lowest BCUT2D eigenvalue weighted by molar-refractivity contribution is 0.258. The van der Waals surface area contributed by atoms with Gasteiger partial charge < -0.3 is 4.90 Å². The van der Waals surface area contributed by atoms with Crippen molar-refractivity contribution in [2.45, 2.75) is 13.3 Å². The van der Waals surface area contributed by atoms with Gasteiger partial charge in [-0.3, -0.25) is 4.90 Å². The Morgan fingerprint density at radius 1 is 1.12 bits per heavy atom. The van der Waals surface area contributed by atoms with Crippen LogP contribution in [0.25, 0.3) is 0 Å². The summed E-state index contributed by atoms with van der Waals surface area (Å²) in [5.74, 6) is 0. The van der Waals surface area contributed by atoms with E-state index in [-0.39, 0.29) is 0 Å². The number of rotatable bonds is 3. The molecule has 0 spiro atoms. The first-order valence-electron chi connectivity index (χ1n) is 6.13. The van der Waals surface area contributed by atoms with Crippen molar-refractivity contribution in [3.05, 3.63) is 28.2 Å². The lowest BCUT2D eigenvalue weighted by atomic mass is 10.2. The molecular formula is C13H18Cl2N2. The van der Waals surface area contributed by atoms with Gasteiger partial charge in [0.1, 0.15) is 0 Å². The minimum atomic E-state index is 0.639. The predicted octanol–water partition coefficient (Wildman–Crippen LogP) is 3.53. The van der Waals surface area contributed by atoms with E-state index >= 15 is 0 Å². The van der Waals surface area contributed by atoms with Crippen molar-refractivity contribution in [1.82, 2.24) is 4.90 Å². The summed E-state index contributed by atoms with van der Waals surface area (Å²) in [5, 5.41) is 1.32. The Hall–Kier alpha value is -0.440. The third-order valence-corrected chi connectivity index (χ3v) is 3.99. The minimum Gasteiger partial charge on any atom is -0.368 e. The van der Waals surface area contributed by atoms with Crippen LogP contribution in [0.3, 0.4) is 0 Å². The second-order valence-electron chi connectivity index (χ2n) is 4.40. The van der Waals surface area contributed by atoms with Crippen LogP contribution in [0.5, 0.6) is 0 Å². The van der Waals surface area contributed by atoms with Gasteiger partial charge in [-0.1, -0.05) is 36.2 Å². The van der Waals surface area contributed by atoms with Crippen LogP contribution in [0, 0.1) is 0 Å². The van der Waals surface area contributed by atoms with Gasteiger partial charge in [-0.25, -0.2) is 0 Å². The molecule has 1 aromatic carbocycles. The maximum Gasteiger partial charge on any atom is 0.0825 e. The third-order valence-electron chi connectivity index (χ3n) is 3.18. The zero-order valence-corrected chi connectivity index (χ0v) is 11.6. The molecule has 1 aliphatic rings. The second-order valence-corrected chi connectivity index (χ2v) is 5.19. The monoisotopic (exact) mass is 272 g/mol. The molecule has 17 heavy (non-hydrogen) atoms. The topological polar surface area (TPSA) is 6.48 Å². The first kappa shape index (κ1) is 13.0. The quantitative estimate of drug-likeness (QED) is 0.831. The Balaban J connectivity index is 2.03. The molecule has 1 aliphatic heterocycles. The minimum absolute atomic E-state index is 0.639. The normalized spacial score (nSPS) is 17.5. The van der Waals surface area contributed by atoms with E-state index in [9.17, 15) is 0 Å². The van der Waals surface area contributed by atoms with Gasteiger partial charge in [-0.15, -0.1) is 0 Å². The molecule has 0 atom stereocenters. The van der Waals surface area contributed by atoms with Crippen molar-refractivity contribution in [3.63, 3.8) is 0 Å². The molecule has 0 radical (unpaired) electrons. The summed E-state index contributed by atoms with van der Waals surface area (Å²) >= 11 is 12.3. The molecule has 0 saturated carbocycles. The summed E-state index contributed by atoms with van der Waals surface area (Å²) in [6, 6.07) is 5.84. The highest BCUT2D eigenvalue weighted by Gasteiger charge is 2.18. The van der Waals surface area contributed by atoms with Gasteiger partial charge in [-0.2, -0.15) is 0 Å². The van der Waals surface area contributed by atoms with E-state index in [0.29, 0.717) is 10.0 Å². The first-order chi connectivity index (χ1) is 8.22. The maximum atomic E-state index is 6.24. The highest BCUT2D eigenvalue weighted by molar-refractivity contribution is 6.43. The van der Waals surface area contributed by atoms with Gasteiger partial charge in [0.25, 0.3) is 0 Å². The van der Waals surface area contributed by atoms with E-state index < -0.39 is 0 Å². The van der Waals surface area contributed by atoms with Crippen LogP contribution in [0.2, 0.25) is 10.0 Å². The standard InChI is InChI=1S/C13H18Cl2N2/c1-2-6-16-7-9-17(10-8-16)12-5-3-4-11(14)13(12)15/h3-5H,2,6-10H2,1H3. The molecule has 2 rings (SSSR count). The van der Waals surface area contributed by atoms with Gasteiger partial charge >= 0.3 is 0 Å². The second kappa shape index (κ2) is 5.94. The third kappa shape index (κ3) is 3.06. The molecule has 0 amide bonds. The molecule has 94 valence electrons. The summed E-state index contributed by atoms with van der Waals surface area (Å²) in [7, 11) is 0. The first-order valence-corrected chi connectivity index (χ1v) is 6.89. The fourth-order valence-electron chi connectivity index (χ4n) is 2.27. The van der Waals surface area contributed by atoms with Crippen LogP contribution in [-0.2, 0) is 0 Å².